The molecule has 2 fully saturated rings. The maximum absolute atomic E-state index is 14.2. The average molecular weight is 717 g/mol. The van der Waals surface area contributed by atoms with Gasteiger partial charge >= 0.3 is 0 Å². The van der Waals surface area contributed by atoms with Crippen molar-refractivity contribution >= 4 is 40.7 Å². The highest BCUT2D eigenvalue weighted by Crippen LogP contribution is 2.50. The fourth-order valence-corrected chi connectivity index (χ4v) is 7.84. The molecule has 6 atom stereocenters. The third-order valence-corrected chi connectivity index (χ3v) is 10.2. The van der Waals surface area contributed by atoms with E-state index in [1.165, 1.54) is 26.4 Å². The quantitative estimate of drug-likeness (QED) is 0.222. The number of aliphatic hydroxyl groups excluding tert-OH is 2. The van der Waals surface area contributed by atoms with E-state index in [4.69, 9.17) is 9.47 Å². The lowest BCUT2D eigenvalue weighted by Crippen LogP contribution is -2.55. The van der Waals surface area contributed by atoms with Gasteiger partial charge in [0.2, 0.25) is 11.8 Å². The van der Waals surface area contributed by atoms with Crippen molar-refractivity contribution in [1.82, 2.24) is 10.2 Å². The van der Waals surface area contributed by atoms with Gasteiger partial charge in [-0.2, -0.15) is 0 Å². The molecular formula is C34H41IN2O7. The fourth-order valence-electron chi connectivity index (χ4n) is 7.09. The van der Waals surface area contributed by atoms with Crippen molar-refractivity contribution < 1.29 is 34.1 Å². The van der Waals surface area contributed by atoms with E-state index < -0.39 is 24.2 Å². The van der Waals surface area contributed by atoms with Gasteiger partial charge in [-0.15, -0.1) is 0 Å². The number of aliphatic hydroxyl groups is 2. The van der Waals surface area contributed by atoms with E-state index in [1.807, 2.05) is 53.8 Å². The van der Waals surface area contributed by atoms with Gasteiger partial charge in [0.1, 0.15) is 18.5 Å². The van der Waals surface area contributed by atoms with E-state index in [2.05, 4.69) is 5.32 Å². The van der Waals surface area contributed by atoms with Gasteiger partial charge in [-0.1, -0.05) is 36.2 Å². The number of hydrogen-bond acceptors (Lipinski definition) is 7. The minimum atomic E-state index is -1.16. The average Bonchev–Trinajstić information content (AvgIpc) is 3.65. The Morgan fingerprint density at radius 1 is 1.16 bits per heavy atom. The largest absolute Gasteiger partial charge is 0.493 e. The van der Waals surface area contributed by atoms with E-state index in [-0.39, 0.29) is 32.0 Å². The first-order valence-electron chi connectivity index (χ1n) is 15.3. The zero-order chi connectivity index (χ0) is 31.4. The molecule has 2 aromatic rings. The van der Waals surface area contributed by atoms with Crippen LogP contribution in [0.15, 0.2) is 48.0 Å². The highest BCUT2D eigenvalue weighted by Gasteiger charge is 2.44. The Bertz CT molecular complexity index is 1390. The van der Waals surface area contributed by atoms with Gasteiger partial charge in [-0.3, -0.25) is 14.4 Å². The molecule has 9 nitrogen and oxygen atoms in total. The number of nitrogens with zero attached hydrogens (tertiary/aromatic N) is 1. The topological polar surface area (TPSA) is 125 Å². The van der Waals surface area contributed by atoms with Crippen LogP contribution in [0.5, 0.6) is 11.5 Å². The Kier molecular flexibility index (Phi) is 10.6. The Morgan fingerprint density at radius 2 is 1.93 bits per heavy atom. The van der Waals surface area contributed by atoms with Crippen LogP contribution in [0.2, 0.25) is 0 Å². The van der Waals surface area contributed by atoms with Crippen LogP contribution in [-0.2, 0) is 16.1 Å². The van der Waals surface area contributed by atoms with Crippen molar-refractivity contribution in [3.05, 3.63) is 68.3 Å². The van der Waals surface area contributed by atoms with Crippen molar-refractivity contribution in [3.63, 3.8) is 0 Å². The number of halogens is 1. The maximum atomic E-state index is 14.2. The normalized spacial score (nSPS) is 25.7. The number of carbonyl (C=O) groups excluding carboxylic acids is 3. The molecule has 5 rings (SSSR count). The van der Waals surface area contributed by atoms with Gasteiger partial charge in [-0.25, -0.2) is 0 Å². The number of nitrogens with one attached hydrogen (secondary N) is 1. The number of carbonyl (C=O) groups is 3. The Labute approximate surface area is 272 Å². The summed E-state index contributed by atoms with van der Waals surface area (Å²) in [6, 6.07) is 10.4. The molecule has 2 aromatic carbocycles. The van der Waals surface area contributed by atoms with Crippen LogP contribution in [0, 0.1) is 28.2 Å². The molecule has 10 heteroatoms. The summed E-state index contributed by atoms with van der Waals surface area (Å²) in [5.41, 5.74) is 2.81. The van der Waals surface area contributed by atoms with Crippen LogP contribution >= 0.6 is 22.6 Å². The molecule has 44 heavy (non-hydrogen) atoms. The number of hydrogen-bond donors (Lipinski definition) is 3. The van der Waals surface area contributed by atoms with Crippen LogP contribution in [-0.4, -0.2) is 71.7 Å². The van der Waals surface area contributed by atoms with Crippen LogP contribution in [0.3, 0.4) is 0 Å². The lowest BCUT2D eigenvalue weighted by atomic mass is 9.84. The van der Waals surface area contributed by atoms with Crippen molar-refractivity contribution in [2.75, 3.05) is 20.3 Å². The number of benzene rings is 2. The zero-order valence-electron chi connectivity index (χ0n) is 25.2. The number of methoxy groups -OCH3 is 1. The minimum absolute atomic E-state index is 0.0366. The SMILES string of the molecule is COc1cc(C=O)cc(I)c1OC1C=C(C(=O)NCCO)CC(N(Cc2ccc(C)cc2)C(=O)CC2CC3CCC2C3)C1O. The first-order valence-corrected chi connectivity index (χ1v) is 16.4. The molecule has 2 saturated carbocycles. The number of ether oxygens (including phenoxy) is 2. The van der Waals surface area contributed by atoms with E-state index in [1.54, 1.807) is 23.1 Å². The monoisotopic (exact) mass is 716 g/mol. The van der Waals surface area contributed by atoms with Gasteiger partial charge in [0.05, 0.1) is 23.3 Å². The molecule has 0 saturated heterocycles. The minimum Gasteiger partial charge on any atom is -0.493 e. The highest BCUT2D eigenvalue weighted by atomic mass is 127. The lowest BCUT2D eigenvalue weighted by Gasteiger charge is -2.41. The first-order chi connectivity index (χ1) is 21.2. The number of fused-ring (bicyclic) bond motifs is 2. The van der Waals surface area contributed by atoms with E-state index in [0.29, 0.717) is 56.7 Å². The second-order valence-electron chi connectivity index (χ2n) is 12.3. The first kappa shape index (κ1) is 32.4. The zero-order valence-corrected chi connectivity index (χ0v) is 27.4. The summed E-state index contributed by atoms with van der Waals surface area (Å²) in [6.45, 7) is 2.15. The van der Waals surface area contributed by atoms with Crippen LogP contribution in [0.4, 0.5) is 0 Å². The van der Waals surface area contributed by atoms with E-state index in [9.17, 15) is 24.6 Å². The summed E-state index contributed by atoms with van der Waals surface area (Å²) in [5, 5.41) is 23.9. The van der Waals surface area contributed by atoms with Gasteiger partial charge in [0.15, 0.2) is 11.5 Å². The molecule has 236 valence electrons. The van der Waals surface area contributed by atoms with Crippen molar-refractivity contribution in [3.8, 4) is 11.5 Å². The van der Waals surface area contributed by atoms with E-state index >= 15 is 0 Å². The van der Waals surface area contributed by atoms with Gasteiger partial charge in [0, 0.05) is 37.1 Å². The summed E-state index contributed by atoms with van der Waals surface area (Å²) in [6.07, 6.45) is 5.36. The molecule has 3 aliphatic carbocycles. The van der Waals surface area contributed by atoms with Crippen molar-refractivity contribution in [1.29, 1.82) is 0 Å². The standard InChI is InChI=1S/C34H41IN2O7/c1-20-3-5-21(6-4-20)18-37(31(40)17-25-12-22-7-8-24(25)11-22)28-15-26(34(42)36-9-10-38)16-29(32(28)41)44-33-27(35)13-23(19-39)14-30(33)43-2/h3-6,13-14,16,19,22,24-25,28-29,32,38,41H,7-12,15,17-18H2,1-2H3,(H,36,42). The molecule has 3 N–H and O–H groups in total. The Hall–Kier alpha value is -2.96. The fraction of sp³-hybridized carbons (Fsp3) is 0.500. The summed E-state index contributed by atoms with van der Waals surface area (Å²) in [5.74, 6) is 1.82. The second kappa shape index (κ2) is 14.4. The molecule has 6 unspecified atom stereocenters. The number of rotatable bonds is 12. The van der Waals surface area contributed by atoms with Crippen LogP contribution in [0.25, 0.3) is 0 Å². The lowest BCUT2D eigenvalue weighted by molar-refractivity contribution is -0.141. The molecule has 0 heterocycles. The van der Waals surface area contributed by atoms with E-state index in [0.717, 1.165) is 17.5 Å². The Balaban J connectivity index is 1.49. The van der Waals surface area contributed by atoms with Crippen LogP contribution < -0.4 is 14.8 Å². The molecular weight excluding hydrogens is 675 g/mol. The Morgan fingerprint density at radius 3 is 2.57 bits per heavy atom. The molecule has 0 radical (unpaired) electrons. The third kappa shape index (κ3) is 7.29. The smallest absolute Gasteiger partial charge is 0.247 e. The number of aldehydes is 1. The van der Waals surface area contributed by atoms with Gasteiger partial charge < -0.3 is 29.9 Å². The predicted octanol–water partition coefficient (Wildman–Crippen LogP) is 4.19. The van der Waals surface area contributed by atoms with Crippen LogP contribution in [0.1, 0.15) is 60.0 Å². The molecule has 2 amide bonds. The molecule has 0 spiro atoms. The highest BCUT2D eigenvalue weighted by molar-refractivity contribution is 14.1. The second-order valence-corrected chi connectivity index (χ2v) is 13.5. The molecule has 3 aliphatic rings. The third-order valence-electron chi connectivity index (χ3n) is 9.37. The number of amides is 2. The van der Waals surface area contributed by atoms with Crippen molar-refractivity contribution in [2.45, 2.75) is 70.2 Å². The summed E-state index contributed by atoms with van der Waals surface area (Å²) in [7, 11) is 1.47. The molecule has 0 aliphatic heterocycles. The van der Waals surface area contributed by atoms with Gasteiger partial charge in [0.25, 0.3) is 0 Å². The molecule has 2 bridgehead atoms. The molecule has 0 aromatic heterocycles. The summed E-state index contributed by atoms with van der Waals surface area (Å²) in [4.78, 5) is 40.6. The number of aryl methyl sites for hydroxylation is 1. The predicted molar refractivity (Wildman–Crippen MR) is 173 cm³/mol. The van der Waals surface area contributed by atoms with Crippen molar-refractivity contribution in [2.24, 2.45) is 17.8 Å². The maximum Gasteiger partial charge on any atom is 0.247 e. The van der Waals surface area contributed by atoms with Gasteiger partial charge in [-0.05, 0) is 90.3 Å². The summed E-state index contributed by atoms with van der Waals surface area (Å²) < 4.78 is 12.5. The summed E-state index contributed by atoms with van der Waals surface area (Å²) >= 11 is 2.04.